The summed E-state index contributed by atoms with van der Waals surface area (Å²) in [5.41, 5.74) is 2.38. The minimum Gasteiger partial charge on any atom is -0.496 e. The molecule has 5 heteroatoms. The minimum atomic E-state index is -1.88. The Hall–Kier alpha value is -1.61. The Morgan fingerprint density at radius 1 is 1.17 bits per heavy atom. The maximum atomic E-state index is 8.94. The first-order valence-corrected chi connectivity index (χ1v) is 14.0. The van der Waals surface area contributed by atoms with Crippen LogP contribution in [0, 0.1) is 23.2 Å². The van der Waals surface area contributed by atoms with Crippen molar-refractivity contribution in [3.8, 4) is 11.8 Å². The molecule has 0 N–H and O–H groups in total. The fraction of sp³-hybridized carbons (Fsp3) is 0.640. The molecule has 4 nitrogen and oxygen atoms in total. The van der Waals surface area contributed by atoms with E-state index in [0.29, 0.717) is 18.4 Å². The highest BCUT2D eigenvalue weighted by molar-refractivity contribution is 6.74. The van der Waals surface area contributed by atoms with Gasteiger partial charge in [-0.25, -0.2) is 0 Å². The van der Waals surface area contributed by atoms with Crippen molar-refractivity contribution in [2.24, 2.45) is 11.8 Å². The number of hydrogen-bond acceptors (Lipinski definition) is 4. The fourth-order valence-electron chi connectivity index (χ4n) is 4.60. The standard InChI is InChI=1S/C25H37NO3Si/c1-25(2,3)30(5,6)28-17-24(22-9-7-8-10-23(22)27-4)29-21-15-19-13-18(11-12-26)14-20(19)16-21/h7-11,19-21,24H,13-17H2,1-6H3/b18-11-/t19-,20+,21?,24?/m0/s1. The monoisotopic (exact) mass is 427 g/mol. The first kappa shape index (κ1) is 23.1. The van der Waals surface area contributed by atoms with Crippen molar-refractivity contribution < 1.29 is 13.9 Å². The highest BCUT2D eigenvalue weighted by Crippen LogP contribution is 2.48. The number of nitrogens with zero attached hydrogens (tertiary/aromatic N) is 1. The zero-order valence-electron chi connectivity index (χ0n) is 19.4. The van der Waals surface area contributed by atoms with Gasteiger partial charge in [0.25, 0.3) is 0 Å². The highest BCUT2D eigenvalue weighted by Gasteiger charge is 2.42. The second-order valence-electron chi connectivity index (χ2n) is 10.4. The van der Waals surface area contributed by atoms with Crippen LogP contribution < -0.4 is 4.74 Å². The lowest BCUT2D eigenvalue weighted by molar-refractivity contribution is -0.0387. The number of rotatable bonds is 7. The normalized spacial score (nSPS) is 26.4. The van der Waals surface area contributed by atoms with Crippen LogP contribution in [0.3, 0.4) is 0 Å². The Morgan fingerprint density at radius 2 is 1.80 bits per heavy atom. The lowest BCUT2D eigenvalue weighted by Crippen LogP contribution is -2.42. The number of fused-ring (bicyclic) bond motifs is 1. The topological polar surface area (TPSA) is 51.5 Å². The van der Waals surface area contributed by atoms with Crippen molar-refractivity contribution in [1.29, 1.82) is 5.26 Å². The number of benzene rings is 1. The molecule has 0 heterocycles. The molecule has 1 aromatic carbocycles. The van der Waals surface area contributed by atoms with Crippen molar-refractivity contribution in [1.82, 2.24) is 0 Å². The summed E-state index contributed by atoms with van der Waals surface area (Å²) in [6.07, 6.45) is 6.10. The van der Waals surface area contributed by atoms with E-state index < -0.39 is 8.32 Å². The second-order valence-corrected chi connectivity index (χ2v) is 15.2. The van der Waals surface area contributed by atoms with E-state index in [-0.39, 0.29) is 17.2 Å². The molecule has 0 spiro atoms. The number of para-hydroxylation sites is 1. The molecule has 3 rings (SSSR count). The smallest absolute Gasteiger partial charge is 0.192 e. The maximum Gasteiger partial charge on any atom is 0.192 e. The lowest BCUT2D eigenvalue weighted by atomic mass is 10.0. The number of hydrogen-bond donors (Lipinski definition) is 0. The third kappa shape index (κ3) is 5.16. The number of nitriles is 1. The first-order valence-electron chi connectivity index (χ1n) is 11.1. The summed E-state index contributed by atoms with van der Waals surface area (Å²) in [6, 6.07) is 10.3. The van der Waals surface area contributed by atoms with Gasteiger partial charge in [0.2, 0.25) is 0 Å². The molecule has 0 saturated heterocycles. The number of methoxy groups -OCH3 is 1. The summed E-state index contributed by atoms with van der Waals surface area (Å²) in [4.78, 5) is 0. The Balaban J connectivity index is 1.73. The predicted octanol–water partition coefficient (Wildman–Crippen LogP) is 6.41. The van der Waals surface area contributed by atoms with E-state index in [1.807, 2.05) is 18.2 Å². The molecule has 2 aliphatic carbocycles. The quantitative estimate of drug-likeness (QED) is 0.372. The summed E-state index contributed by atoms with van der Waals surface area (Å²) in [5, 5.41) is 9.10. The van der Waals surface area contributed by atoms with Gasteiger partial charge in [0.15, 0.2) is 8.32 Å². The summed E-state index contributed by atoms with van der Waals surface area (Å²) in [7, 11) is -0.168. The molecule has 0 amide bonds. The van der Waals surface area contributed by atoms with E-state index >= 15 is 0 Å². The third-order valence-corrected chi connectivity index (χ3v) is 11.9. The van der Waals surface area contributed by atoms with Crippen LogP contribution in [0.15, 0.2) is 35.9 Å². The van der Waals surface area contributed by atoms with Crippen LogP contribution >= 0.6 is 0 Å². The number of ether oxygens (including phenoxy) is 2. The van der Waals surface area contributed by atoms with E-state index in [4.69, 9.17) is 19.2 Å². The van der Waals surface area contributed by atoms with Crippen molar-refractivity contribution in [2.75, 3.05) is 13.7 Å². The summed E-state index contributed by atoms with van der Waals surface area (Å²) in [5.74, 6) is 2.15. The van der Waals surface area contributed by atoms with Crippen LogP contribution in [0.4, 0.5) is 0 Å². The van der Waals surface area contributed by atoms with Gasteiger partial charge in [0.05, 0.1) is 25.9 Å². The molecule has 1 aromatic rings. The molecular formula is C25H37NO3Si. The van der Waals surface area contributed by atoms with Gasteiger partial charge in [-0.2, -0.15) is 5.26 Å². The fourth-order valence-corrected chi connectivity index (χ4v) is 5.60. The van der Waals surface area contributed by atoms with E-state index in [9.17, 15) is 0 Å². The summed E-state index contributed by atoms with van der Waals surface area (Å²) >= 11 is 0. The van der Waals surface area contributed by atoms with Crippen LogP contribution in [0.25, 0.3) is 0 Å². The molecule has 30 heavy (non-hydrogen) atoms. The zero-order chi connectivity index (χ0) is 21.9. The molecule has 0 radical (unpaired) electrons. The molecule has 2 saturated carbocycles. The van der Waals surface area contributed by atoms with Gasteiger partial charge in [-0.05, 0) is 61.7 Å². The van der Waals surface area contributed by atoms with Crippen LogP contribution in [-0.4, -0.2) is 28.1 Å². The molecule has 0 aromatic heterocycles. The van der Waals surface area contributed by atoms with Gasteiger partial charge in [0, 0.05) is 11.6 Å². The van der Waals surface area contributed by atoms with E-state index in [1.165, 1.54) is 5.57 Å². The third-order valence-electron chi connectivity index (χ3n) is 7.36. The Bertz CT molecular complexity index is 789. The molecule has 0 bridgehead atoms. The van der Waals surface area contributed by atoms with Crippen molar-refractivity contribution in [2.45, 2.75) is 76.8 Å². The van der Waals surface area contributed by atoms with Crippen molar-refractivity contribution in [3.05, 3.63) is 41.5 Å². The Labute approximate surface area is 183 Å². The molecular weight excluding hydrogens is 390 g/mol. The van der Waals surface area contributed by atoms with Gasteiger partial charge in [-0.1, -0.05) is 44.5 Å². The number of allylic oxidation sites excluding steroid dienone is 2. The minimum absolute atomic E-state index is 0.131. The second kappa shape index (κ2) is 9.26. The van der Waals surface area contributed by atoms with Crippen LogP contribution in [0.2, 0.25) is 18.1 Å². The van der Waals surface area contributed by atoms with Crippen molar-refractivity contribution >= 4 is 8.32 Å². The first-order chi connectivity index (χ1) is 14.1. The van der Waals surface area contributed by atoms with Crippen LogP contribution in [-0.2, 0) is 9.16 Å². The molecule has 2 fully saturated rings. The van der Waals surface area contributed by atoms with Gasteiger partial charge in [-0.15, -0.1) is 0 Å². The largest absolute Gasteiger partial charge is 0.496 e. The Morgan fingerprint density at radius 3 is 2.37 bits per heavy atom. The summed E-state index contributed by atoms with van der Waals surface area (Å²) in [6.45, 7) is 11.9. The highest BCUT2D eigenvalue weighted by atomic mass is 28.4. The van der Waals surface area contributed by atoms with Gasteiger partial charge < -0.3 is 13.9 Å². The average molecular weight is 428 g/mol. The molecule has 2 aliphatic rings. The maximum absolute atomic E-state index is 8.94. The van der Waals surface area contributed by atoms with Gasteiger partial charge in [0.1, 0.15) is 11.9 Å². The SMILES string of the molecule is COc1ccccc1C(CO[Si](C)(C)C(C)(C)C)OC1C[C@H]2C/C(=C\C#N)C[C@H]2C1. The zero-order valence-corrected chi connectivity index (χ0v) is 20.4. The molecule has 2 unspecified atom stereocenters. The Kier molecular flexibility index (Phi) is 7.11. The van der Waals surface area contributed by atoms with Gasteiger partial charge in [-0.3, -0.25) is 0 Å². The molecule has 164 valence electrons. The van der Waals surface area contributed by atoms with Crippen molar-refractivity contribution in [3.63, 3.8) is 0 Å². The van der Waals surface area contributed by atoms with E-state index in [2.05, 4.69) is 46.0 Å². The van der Waals surface area contributed by atoms with Crippen LogP contribution in [0.1, 0.15) is 58.1 Å². The average Bonchev–Trinajstić information content (AvgIpc) is 3.22. The molecule has 0 aliphatic heterocycles. The van der Waals surface area contributed by atoms with Gasteiger partial charge >= 0.3 is 0 Å². The van der Waals surface area contributed by atoms with E-state index in [0.717, 1.165) is 37.0 Å². The predicted molar refractivity (Wildman–Crippen MR) is 123 cm³/mol. The lowest BCUT2D eigenvalue weighted by Gasteiger charge is -2.37. The molecule has 4 atom stereocenters. The van der Waals surface area contributed by atoms with Crippen LogP contribution in [0.5, 0.6) is 5.75 Å². The van der Waals surface area contributed by atoms with E-state index in [1.54, 1.807) is 13.2 Å². The summed E-state index contributed by atoms with van der Waals surface area (Å²) < 4.78 is 18.9.